The van der Waals surface area contributed by atoms with Crippen molar-refractivity contribution in [2.24, 2.45) is 0 Å². The van der Waals surface area contributed by atoms with Crippen molar-refractivity contribution in [3.63, 3.8) is 0 Å². The standard InChI is InChI=1S/C8H17N3O/c1-9-7-5-4-6-11(8(7)12)10(2)3/h7,9H,4-6H2,1-3H3. The van der Waals surface area contributed by atoms with Gasteiger partial charge in [-0.2, -0.15) is 0 Å². The normalized spacial score (nSPS) is 25.2. The minimum absolute atomic E-state index is 0.0150. The van der Waals surface area contributed by atoms with Gasteiger partial charge in [-0.1, -0.05) is 0 Å². The Morgan fingerprint density at radius 3 is 2.75 bits per heavy atom. The molecule has 1 fully saturated rings. The summed E-state index contributed by atoms with van der Waals surface area (Å²) in [5.41, 5.74) is 0. The van der Waals surface area contributed by atoms with E-state index in [4.69, 9.17) is 0 Å². The SMILES string of the molecule is CNC1CCCN(N(C)C)C1=O. The zero-order valence-electron chi connectivity index (χ0n) is 8.00. The molecule has 1 aliphatic heterocycles. The van der Waals surface area contributed by atoms with Crippen LogP contribution in [0.3, 0.4) is 0 Å². The number of carbonyl (C=O) groups excluding carboxylic acids is 1. The van der Waals surface area contributed by atoms with Crippen molar-refractivity contribution in [3.05, 3.63) is 0 Å². The van der Waals surface area contributed by atoms with Gasteiger partial charge in [0, 0.05) is 20.6 Å². The first-order valence-corrected chi connectivity index (χ1v) is 4.32. The molecule has 0 aromatic rings. The average Bonchev–Trinajstić information content (AvgIpc) is 2.04. The lowest BCUT2D eigenvalue weighted by atomic mass is 10.1. The highest BCUT2D eigenvalue weighted by atomic mass is 16.2. The minimum Gasteiger partial charge on any atom is -0.309 e. The fraction of sp³-hybridized carbons (Fsp3) is 0.875. The Bertz CT molecular complexity index is 170. The van der Waals surface area contributed by atoms with E-state index in [9.17, 15) is 4.79 Å². The lowest BCUT2D eigenvalue weighted by Crippen LogP contribution is -2.54. The van der Waals surface area contributed by atoms with Gasteiger partial charge in [-0.15, -0.1) is 0 Å². The predicted molar refractivity (Wildman–Crippen MR) is 47.5 cm³/mol. The van der Waals surface area contributed by atoms with Gasteiger partial charge in [0.15, 0.2) is 0 Å². The maximum absolute atomic E-state index is 11.6. The molecule has 0 radical (unpaired) electrons. The number of hydrogen-bond acceptors (Lipinski definition) is 3. The lowest BCUT2D eigenvalue weighted by Gasteiger charge is -2.36. The molecule has 1 saturated heterocycles. The molecule has 1 heterocycles. The average molecular weight is 171 g/mol. The van der Waals surface area contributed by atoms with Crippen LogP contribution in [0.4, 0.5) is 0 Å². The maximum atomic E-state index is 11.6. The van der Waals surface area contributed by atoms with Crippen LogP contribution in [-0.4, -0.2) is 49.7 Å². The quantitative estimate of drug-likeness (QED) is 0.618. The molecule has 0 spiro atoms. The van der Waals surface area contributed by atoms with Crippen LogP contribution in [0.1, 0.15) is 12.8 Å². The van der Waals surface area contributed by atoms with Crippen LogP contribution in [0.25, 0.3) is 0 Å². The molecule has 1 amide bonds. The maximum Gasteiger partial charge on any atom is 0.253 e. The molecule has 0 saturated carbocycles. The Hall–Kier alpha value is -0.610. The first-order valence-electron chi connectivity index (χ1n) is 4.32. The number of nitrogens with one attached hydrogen (secondary N) is 1. The van der Waals surface area contributed by atoms with Crippen molar-refractivity contribution >= 4 is 5.91 Å². The van der Waals surface area contributed by atoms with Gasteiger partial charge in [-0.3, -0.25) is 9.80 Å². The summed E-state index contributed by atoms with van der Waals surface area (Å²) >= 11 is 0. The third-order valence-corrected chi connectivity index (χ3v) is 2.25. The summed E-state index contributed by atoms with van der Waals surface area (Å²) in [6.07, 6.45) is 2.04. The summed E-state index contributed by atoms with van der Waals surface area (Å²) < 4.78 is 0. The molecule has 4 heteroatoms. The zero-order chi connectivity index (χ0) is 9.14. The van der Waals surface area contributed by atoms with E-state index in [-0.39, 0.29) is 11.9 Å². The van der Waals surface area contributed by atoms with Gasteiger partial charge in [0.1, 0.15) is 0 Å². The Labute approximate surface area is 73.5 Å². The van der Waals surface area contributed by atoms with Crippen molar-refractivity contribution in [2.45, 2.75) is 18.9 Å². The van der Waals surface area contributed by atoms with E-state index in [1.807, 2.05) is 26.2 Å². The number of nitrogens with zero attached hydrogens (tertiary/aromatic N) is 2. The van der Waals surface area contributed by atoms with E-state index in [0.29, 0.717) is 0 Å². The molecular formula is C8H17N3O. The van der Waals surface area contributed by atoms with Crippen LogP contribution in [0.15, 0.2) is 0 Å². The summed E-state index contributed by atoms with van der Waals surface area (Å²) in [7, 11) is 5.63. The van der Waals surface area contributed by atoms with E-state index in [1.54, 1.807) is 5.01 Å². The smallest absolute Gasteiger partial charge is 0.253 e. The highest BCUT2D eigenvalue weighted by Crippen LogP contribution is 2.11. The Morgan fingerprint density at radius 1 is 1.58 bits per heavy atom. The van der Waals surface area contributed by atoms with E-state index in [2.05, 4.69) is 5.32 Å². The summed E-state index contributed by atoms with van der Waals surface area (Å²) in [6, 6.07) is 0.0150. The Morgan fingerprint density at radius 2 is 2.25 bits per heavy atom. The van der Waals surface area contributed by atoms with Crippen LogP contribution in [0, 0.1) is 0 Å². The van der Waals surface area contributed by atoms with Crippen molar-refractivity contribution in [1.29, 1.82) is 0 Å². The van der Waals surface area contributed by atoms with E-state index in [1.165, 1.54) is 0 Å². The Kier molecular flexibility index (Phi) is 3.05. The second-order valence-corrected chi connectivity index (χ2v) is 3.29. The van der Waals surface area contributed by atoms with Crippen molar-refractivity contribution in [1.82, 2.24) is 15.3 Å². The fourth-order valence-electron chi connectivity index (χ4n) is 1.52. The number of carbonyl (C=O) groups is 1. The van der Waals surface area contributed by atoms with Gasteiger partial charge < -0.3 is 5.32 Å². The predicted octanol–water partition coefficient (Wildman–Crippen LogP) is -0.327. The third-order valence-electron chi connectivity index (χ3n) is 2.25. The summed E-state index contributed by atoms with van der Waals surface area (Å²) in [5.74, 6) is 0.189. The molecule has 1 atom stereocenters. The molecular weight excluding hydrogens is 154 g/mol. The van der Waals surface area contributed by atoms with Crippen LogP contribution >= 0.6 is 0 Å². The van der Waals surface area contributed by atoms with Crippen molar-refractivity contribution in [2.75, 3.05) is 27.7 Å². The lowest BCUT2D eigenvalue weighted by molar-refractivity contribution is -0.150. The molecule has 0 bridgehead atoms. The summed E-state index contributed by atoms with van der Waals surface area (Å²) in [4.78, 5) is 11.6. The summed E-state index contributed by atoms with van der Waals surface area (Å²) in [6.45, 7) is 0.851. The van der Waals surface area contributed by atoms with Gasteiger partial charge in [0.2, 0.25) is 0 Å². The number of piperidine rings is 1. The van der Waals surface area contributed by atoms with E-state index >= 15 is 0 Å². The van der Waals surface area contributed by atoms with Gasteiger partial charge >= 0.3 is 0 Å². The molecule has 0 aromatic heterocycles. The third kappa shape index (κ3) is 1.76. The number of hydrogen-bond donors (Lipinski definition) is 1. The molecule has 0 aliphatic carbocycles. The first-order chi connectivity index (χ1) is 5.66. The molecule has 4 nitrogen and oxygen atoms in total. The fourth-order valence-corrected chi connectivity index (χ4v) is 1.52. The van der Waals surface area contributed by atoms with Gasteiger partial charge in [-0.05, 0) is 19.9 Å². The molecule has 1 aliphatic rings. The highest BCUT2D eigenvalue weighted by molar-refractivity contribution is 5.82. The van der Waals surface area contributed by atoms with Gasteiger partial charge in [-0.25, -0.2) is 5.01 Å². The van der Waals surface area contributed by atoms with Gasteiger partial charge in [0.05, 0.1) is 6.04 Å². The molecule has 1 N–H and O–H groups in total. The van der Waals surface area contributed by atoms with Crippen molar-refractivity contribution < 1.29 is 4.79 Å². The van der Waals surface area contributed by atoms with E-state index in [0.717, 1.165) is 19.4 Å². The second kappa shape index (κ2) is 3.87. The van der Waals surface area contributed by atoms with Crippen LogP contribution < -0.4 is 5.32 Å². The molecule has 12 heavy (non-hydrogen) atoms. The highest BCUT2D eigenvalue weighted by Gasteiger charge is 2.28. The number of amides is 1. The van der Waals surface area contributed by atoms with Gasteiger partial charge in [0.25, 0.3) is 5.91 Å². The largest absolute Gasteiger partial charge is 0.309 e. The number of hydrazine groups is 1. The molecule has 0 aromatic carbocycles. The number of rotatable bonds is 2. The second-order valence-electron chi connectivity index (χ2n) is 3.29. The van der Waals surface area contributed by atoms with Crippen LogP contribution in [-0.2, 0) is 4.79 Å². The Balaban J connectivity index is 2.59. The topological polar surface area (TPSA) is 35.6 Å². The number of likely N-dealkylation sites (N-methyl/N-ethyl adjacent to an activating group) is 1. The molecule has 1 rings (SSSR count). The van der Waals surface area contributed by atoms with Crippen LogP contribution in [0.5, 0.6) is 0 Å². The summed E-state index contributed by atoms with van der Waals surface area (Å²) in [5, 5.41) is 6.66. The van der Waals surface area contributed by atoms with E-state index < -0.39 is 0 Å². The molecule has 1 unspecified atom stereocenters. The monoisotopic (exact) mass is 171 g/mol. The first kappa shape index (κ1) is 9.48. The zero-order valence-corrected chi connectivity index (χ0v) is 8.00. The van der Waals surface area contributed by atoms with Crippen molar-refractivity contribution in [3.8, 4) is 0 Å². The molecule has 70 valence electrons. The minimum atomic E-state index is 0.0150. The van der Waals surface area contributed by atoms with Crippen LogP contribution in [0.2, 0.25) is 0 Å².